The Morgan fingerprint density at radius 2 is 2.00 bits per heavy atom. The molecule has 102 valence electrons. The number of carbonyl (C=O) groups excluding carboxylic acids is 1. The molecule has 0 saturated heterocycles. The fourth-order valence-electron chi connectivity index (χ4n) is 1.58. The number of hydrazine groups is 1. The fraction of sp³-hybridized carbons (Fsp3) is 0.667. The first-order valence-corrected chi connectivity index (χ1v) is 5.91. The van der Waals surface area contributed by atoms with Gasteiger partial charge in [0.15, 0.2) is 0 Å². The lowest BCUT2D eigenvalue weighted by molar-refractivity contribution is 0.0497. The molecule has 0 radical (unpaired) electrons. The van der Waals surface area contributed by atoms with Crippen LogP contribution in [0.25, 0.3) is 0 Å². The second-order valence-electron chi connectivity index (χ2n) is 5.25. The minimum atomic E-state index is -0.494. The Kier molecular flexibility index (Phi) is 4.34. The predicted octanol–water partition coefficient (Wildman–Crippen LogP) is 1.57. The molecule has 1 aromatic heterocycles. The summed E-state index contributed by atoms with van der Waals surface area (Å²) in [5, 5.41) is 4.30. The molecule has 0 spiro atoms. The van der Waals surface area contributed by atoms with Gasteiger partial charge < -0.3 is 4.74 Å². The first-order chi connectivity index (χ1) is 8.20. The van der Waals surface area contributed by atoms with Gasteiger partial charge in [0.05, 0.1) is 5.69 Å². The summed E-state index contributed by atoms with van der Waals surface area (Å²) in [6, 6.07) is 0. The summed E-state index contributed by atoms with van der Waals surface area (Å²) in [6.07, 6.45) is -0.485. The van der Waals surface area contributed by atoms with Crippen molar-refractivity contribution in [2.45, 2.75) is 46.8 Å². The van der Waals surface area contributed by atoms with Gasteiger partial charge in [-0.1, -0.05) is 0 Å². The maximum atomic E-state index is 11.4. The second kappa shape index (κ2) is 5.39. The van der Waals surface area contributed by atoms with E-state index in [1.54, 1.807) is 0 Å². The number of aryl methyl sites for hydroxylation is 2. The molecule has 1 heterocycles. The summed E-state index contributed by atoms with van der Waals surface area (Å²) < 4.78 is 6.93. The maximum absolute atomic E-state index is 11.4. The molecular weight excluding hydrogens is 232 g/mol. The van der Waals surface area contributed by atoms with E-state index in [4.69, 9.17) is 4.74 Å². The van der Waals surface area contributed by atoms with Gasteiger partial charge in [-0.2, -0.15) is 5.10 Å². The fourth-order valence-corrected chi connectivity index (χ4v) is 1.58. The molecule has 0 fully saturated rings. The summed E-state index contributed by atoms with van der Waals surface area (Å²) in [5.41, 5.74) is 7.95. The molecule has 6 nitrogen and oxygen atoms in total. The molecule has 0 bridgehead atoms. The highest BCUT2D eigenvalue weighted by atomic mass is 16.6. The van der Waals surface area contributed by atoms with Crippen LogP contribution in [0.5, 0.6) is 0 Å². The second-order valence-corrected chi connectivity index (χ2v) is 5.25. The van der Waals surface area contributed by atoms with E-state index in [-0.39, 0.29) is 0 Å². The topological polar surface area (TPSA) is 68.2 Å². The monoisotopic (exact) mass is 254 g/mol. The summed E-state index contributed by atoms with van der Waals surface area (Å²) in [5.74, 6) is 0. The summed E-state index contributed by atoms with van der Waals surface area (Å²) in [7, 11) is 1.90. The minimum absolute atomic E-state index is 0.485. The van der Waals surface area contributed by atoms with Crippen LogP contribution in [-0.4, -0.2) is 21.5 Å². The van der Waals surface area contributed by atoms with Gasteiger partial charge in [-0.05, 0) is 34.6 Å². The molecule has 1 rings (SSSR count). The van der Waals surface area contributed by atoms with Crippen molar-refractivity contribution in [3.63, 3.8) is 0 Å². The molecule has 0 aliphatic heterocycles. The zero-order valence-electron chi connectivity index (χ0n) is 11.9. The van der Waals surface area contributed by atoms with Crippen molar-refractivity contribution in [1.29, 1.82) is 0 Å². The van der Waals surface area contributed by atoms with Crippen LogP contribution in [-0.2, 0) is 18.3 Å². The highest BCUT2D eigenvalue weighted by Gasteiger charge is 2.16. The molecule has 0 atom stereocenters. The van der Waals surface area contributed by atoms with E-state index in [9.17, 15) is 4.79 Å². The number of hydrogen-bond acceptors (Lipinski definition) is 4. The van der Waals surface area contributed by atoms with Gasteiger partial charge in [0.2, 0.25) is 0 Å². The van der Waals surface area contributed by atoms with E-state index in [0.717, 1.165) is 17.0 Å². The van der Waals surface area contributed by atoms with Crippen molar-refractivity contribution in [1.82, 2.24) is 20.6 Å². The van der Waals surface area contributed by atoms with Crippen molar-refractivity contribution >= 4 is 6.09 Å². The van der Waals surface area contributed by atoms with Crippen LogP contribution in [0.2, 0.25) is 0 Å². The van der Waals surface area contributed by atoms with Crippen molar-refractivity contribution in [3.8, 4) is 0 Å². The SMILES string of the molecule is Cc1nn(C)c(C)c1CNNC(=O)OC(C)(C)C. The standard InChI is InChI=1S/C12H22N4O2/c1-8-10(9(2)16(6)15-8)7-13-14-11(17)18-12(3,4)5/h13H,7H2,1-6H3,(H,14,17). The highest BCUT2D eigenvalue weighted by Crippen LogP contribution is 2.11. The number of nitrogens with one attached hydrogen (secondary N) is 2. The molecule has 0 aromatic carbocycles. The molecule has 1 amide bonds. The molecule has 0 aliphatic carbocycles. The Hall–Kier alpha value is -1.56. The van der Waals surface area contributed by atoms with Gasteiger partial charge in [-0.25, -0.2) is 10.2 Å². The first-order valence-electron chi connectivity index (χ1n) is 5.91. The highest BCUT2D eigenvalue weighted by molar-refractivity contribution is 5.66. The Morgan fingerprint density at radius 1 is 1.39 bits per heavy atom. The molecule has 6 heteroatoms. The Morgan fingerprint density at radius 3 is 2.44 bits per heavy atom. The van der Waals surface area contributed by atoms with Gasteiger partial charge in [0.1, 0.15) is 5.60 Å². The smallest absolute Gasteiger partial charge is 0.422 e. The molecule has 0 saturated carbocycles. The lowest BCUT2D eigenvalue weighted by Crippen LogP contribution is -2.40. The largest absolute Gasteiger partial charge is 0.443 e. The molecule has 1 aromatic rings. The van der Waals surface area contributed by atoms with E-state index in [1.807, 2.05) is 46.3 Å². The van der Waals surface area contributed by atoms with Crippen molar-refractivity contribution < 1.29 is 9.53 Å². The maximum Gasteiger partial charge on any atom is 0.422 e. The number of amides is 1. The molecule has 0 aliphatic rings. The normalized spacial score (nSPS) is 11.4. The first kappa shape index (κ1) is 14.5. The molecule has 2 N–H and O–H groups in total. The minimum Gasteiger partial charge on any atom is -0.443 e. The average molecular weight is 254 g/mol. The predicted molar refractivity (Wildman–Crippen MR) is 68.9 cm³/mol. The quantitative estimate of drug-likeness (QED) is 0.803. The van der Waals surface area contributed by atoms with Crippen molar-refractivity contribution in [2.75, 3.05) is 0 Å². The van der Waals surface area contributed by atoms with Gasteiger partial charge in [0.25, 0.3) is 0 Å². The Bertz CT molecular complexity index is 432. The summed E-state index contributed by atoms with van der Waals surface area (Å²) in [4.78, 5) is 11.4. The van der Waals surface area contributed by atoms with Crippen LogP contribution in [0.3, 0.4) is 0 Å². The van der Waals surface area contributed by atoms with Crippen LogP contribution < -0.4 is 10.9 Å². The van der Waals surface area contributed by atoms with Crippen molar-refractivity contribution in [3.05, 3.63) is 17.0 Å². The van der Waals surface area contributed by atoms with Crippen LogP contribution >= 0.6 is 0 Å². The third-order valence-corrected chi connectivity index (χ3v) is 2.51. The molecular formula is C12H22N4O2. The van der Waals surface area contributed by atoms with Gasteiger partial charge in [-0.15, -0.1) is 0 Å². The number of ether oxygens (including phenoxy) is 1. The number of hydrogen-bond donors (Lipinski definition) is 2. The van der Waals surface area contributed by atoms with E-state index in [1.165, 1.54) is 0 Å². The number of rotatable bonds is 3. The van der Waals surface area contributed by atoms with E-state index >= 15 is 0 Å². The summed E-state index contributed by atoms with van der Waals surface area (Å²) >= 11 is 0. The number of aromatic nitrogens is 2. The third kappa shape index (κ3) is 4.03. The molecule has 0 unspecified atom stereocenters. The zero-order chi connectivity index (χ0) is 13.9. The number of carbonyl (C=O) groups is 1. The number of nitrogens with zero attached hydrogens (tertiary/aromatic N) is 2. The van der Waals surface area contributed by atoms with Crippen molar-refractivity contribution in [2.24, 2.45) is 7.05 Å². The Balaban J connectivity index is 2.45. The lowest BCUT2D eigenvalue weighted by atomic mass is 10.2. The van der Waals surface area contributed by atoms with E-state index < -0.39 is 11.7 Å². The van der Waals surface area contributed by atoms with Crippen LogP contribution in [0.4, 0.5) is 4.79 Å². The lowest BCUT2D eigenvalue weighted by Gasteiger charge is -2.19. The Labute approximate surface area is 108 Å². The van der Waals surface area contributed by atoms with Crippen LogP contribution in [0.15, 0.2) is 0 Å². The van der Waals surface area contributed by atoms with E-state index in [0.29, 0.717) is 6.54 Å². The summed E-state index contributed by atoms with van der Waals surface area (Å²) in [6.45, 7) is 9.92. The zero-order valence-corrected chi connectivity index (χ0v) is 11.9. The molecule has 18 heavy (non-hydrogen) atoms. The van der Waals surface area contributed by atoms with Gasteiger partial charge in [-0.3, -0.25) is 10.1 Å². The van der Waals surface area contributed by atoms with Gasteiger partial charge >= 0.3 is 6.09 Å². The third-order valence-electron chi connectivity index (χ3n) is 2.51. The van der Waals surface area contributed by atoms with E-state index in [2.05, 4.69) is 16.0 Å². The van der Waals surface area contributed by atoms with Crippen LogP contribution in [0, 0.1) is 13.8 Å². The van der Waals surface area contributed by atoms with Gasteiger partial charge in [0, 0.05) is 24.8 Å². The van der Waals surface area contributed by atoms with Crippen LogP contribution in [0.1, 0.15) is 37.7 Å². The average Bonchev–Trinajstić information content (AvgIpc) is 2.41.